The van der Waals surface area contributed by atoms with Crippen molar-refractivity contribution < 1.29 is 4.74 Å². The van der Waals surface area contributed by atoms with Crippen LogP contribution in [0.4, 0.5) is 0 Å². The molecule has 0 radical (unpaired) electrons. The lowest BCUT2D eigenvalue weighted by atomic mass is 10.4. The van der Waals surface area contributed by atoms with E-state index in [2.05, 4.69) is 15.6 Å². The van der Waals surface area contributed by atoms with Crippen molar-refractivity contribution in [3.63, 3.8) is 0 Å². The fourth-order valence-electron chi connectivity index (χ4n) is 1.06. The van der Waals surface area contributed by atoms with Crippen LogP contribution in [0, 0.1) is 0 Å². The molecule has 2 aliphatic rings. The average molecular weight is 127 g/mol. The standard InChI is InChI=1S/C5H9N3O/c1-2-9-5-4(6-1)7-3-8-5/h3-6H,1-2H2,(H,7,8). The molecular weight excluding hydrogens is 118 g/mol. The summed E-state index contributed by atoms with van der Waals surface area (Å²) in [7, 11) is 0. The van der Waals surface area contributed by atoms with Crippen molar-refractivity contribution in [2.75, 3.05) is 13.2 Å². The van der Waals surface area contributed by atoms with E-state index in [0.717, 1.165) is 13.2 Å². The van der Waals surface area contributed by atoms with Crippen molar-refractivity contribution in [1.82, 2.24) is 10.6 Å². The van der Waals surface area contributed by atoms with Gasteiger partial charge in [0.1, 0.15) is 6.17 Å². The number of morpholine rings is 1. The van der Waals surface area contributed by atoms with E-state index in [1.54, 1.807) is 6.34 Å². The molecule has 1 saturated heterocycles. The highest BCUT2D eigenvalue weighted by atomic mass is 16.5. The molecule has 2 atom stereocenters. The zero-order chi connectivity index (χ0) is 6.10. The summed E-state index contributed by atoms with van der Waals surface area (Å²) in [5, 5.41) is 6.25. The first-order chi connectivity index (χ1) is 4.47. The van der Waals surface area contributed by atoms with Gasteiger partial charge in [-0.15, -0.1) is 0 Å². The Morgan fingerprint density at radius 1 is 1.67 bits per heavy atom. The van der Waals surface area contributed by atoms with Crippen molar-refractivity contribution in [3.05, 3.63) is 0 Å². The van der Waals surface area contributed by atoms with Gasteiger partial charge < -0.3 is 10.1 Å². The quantitative estimate of drug-likeness (QED) is 0.433. The Balaban J connectivity index is 2.03. The number of rotatable bonds is 0. The van der Waals surface area contributed by atoms with Crippen LogP contribution >= 0.6 is 0 Å². The number of fused-ring (bicyclic) bond motifs is 1. The SMILES string of the molecule is C1=NC2OCCNC2N1. The third kappa shape index (κ3) is 0.799. The summed E-state index contributed by atoms with van der Waals surface area (Å²) in [6.45, 7) is 1.68. The third-order valence-corrected chi connectivity index (χ3v) is 1.52. The van der Waals surface area contributed by atoms with Gasteiger partial charge in [-0.05, 0) is 0 Å². The molecule has 2 heterocycles. The van der Waals surface area contributed by atoms with Crippen LogP contribution in [0.1, 0.15) is 0 Å². The van der Waals surface area contributed by atoms with Crippen LogP contribution in [0.15, 0.2) is 4.99 Å². The third-order valence-electron chi connectivity index (χ3n) is 1.52. The minimum absolute atomic E-state index is 0.0127. The minimum atomic E-state index is 0.0127. The Labute approximate surface area is 53.3 Å². The predicted octanol–water partition coefficient (Wildman–Crippen LogP) is -1.11. The minimum Gasteiger partial charge on any atom is -0.357 e. The normalized spacial score (nSPS) is 40.0. The molecule has 50 valence electrons. The van der Waals surface area contributed by atoms with Gasteiger partial charge in [0.2, 0.25) is 0 Å². The molecule has 2 aliphatic heterocycles. The van der Waals surface area contributed by atoms with Crippen LogP contribution in [0.25, 0.3) is 0 Å². The molecule has 4 heteroatoms. The molecule has 0 aliphatic carbocycles. The van der Waals surface area contributed by atoms with E-state index in [9.17, 15) is 0 Å². The molecule has 0 spiro atoms. The molecule has 0 aromatic carbocycles. The van der Waals surface area contributed by atoms with Crippen LogP contribution in [0.2, 0.25) is 0 Å². The Bertz CT molecular complexity index is 136. The highest BCUT2D eigenvalue weighted by Gasteiger charge is 2.26. The lowest BCUT2D eigenvalue weighted by Crippen LogP contribution is -2.51. The van der Waals surface area contributed by atoms with Gasteiger partial charge in [-0.1, -0.05) is 0 Å². The summed E-state index contributed by atoms with van der Waals surface area (Å²) in [6, 6.07) is 0. The highest BCUT2D eigenvalue weighted by molar-refractivity contribution is 5.57. The van der Waals surface area contributed by atoms with Gasteiger partial charge in [0.15, 0.2) is 6.23 Å². The van der Waals surface area contributed by atoms with E-state index in [0.29, 0.717) is 0 Å². The van der Waals surface area contributed by atoms with Crippen LogP contribution in [0.5, 0.6) is 0 Å². The highest BCUT2D eigenvalue weighted by Crippen LogP contribution is 2.05. The zero-order valence-electron chi connectivity index (χ0n) is 5.00. The molecular formula is C5H9N3O. The summed E-state index contributed by atoms with van der Waals surface area (Å²) in [4.78, 5) is 4.04. The number of hydrogen-bond acceptors (Lipinski definition) is 4. The lowest BCUT2D eigenvalue weighted by molar-refractivity contribution is 0.00631. The van der Waals surface area contributed by atoms with Crippen molar-refractivity contribution in [3.8, 4) is 0 Å². The fourth-order valence-corrected chi connectivity index (χ4v) is 1.06. The summed E-state index contributed by atoms with van der Waals surface area (Å²) < 4.78 is 5.28. The molecule has 0 bridgehead atoms. The molecule has 0 aromatic heterocycles. The molecule has 0 amide bonds. The molecule has 4 nitrogen and oxygen atoms in total. The Morgan fingerprint density at radius 3 is 3.56 bits per heavy atom. The maximum absolute atomic E-state index is 5.28. The number of nitrogens with zero attached hydrogens (tertiary/aromatic N) is 1. The van der Waals surface area contributed by atoms with E-state index in [-0.39, 0.29) is 12.4 Å². The molecule has 1 fully saturated rings. The fraction of sp³-hybridized carbons (Fsp3) is 0.800. The second-order valence-electron chi connectivity index (χ2n) is 2.14. The second kappa shape index (κ2) is 1.97. The molecule has 0 saturated carbocycles. The second-order valence-corrected chi connectivity index (χ2v) is 2.14. The molecule has 9 heavy (non-hydrogen) atoms. The van der Waals surface area contributed by atoms with Gasteiger partial charge in [-0.2, -0.15) is 0 Å². The summed E-state index contributed by atoms with van der Waals surface area (Å²) in [6.07, 6.45) is 1.92. The first-order valence-electron chi connectivity index (χ1n) is 3.09. The van der Waals surface area contributed by atoms with Crippen molar-refractivity contribution in [2.24, 2.45) is 4.99 Å². The zero-order valence-corrected chi connectivity index (χ0v) is 5.00. The maximum atomic E-state index is 5.28. The van der Waals surface area contributed by atoms with Crippen molar-refractivity contribution in [2.45, 2.75) is 12.4 Å². The number of aliphatic imine (C=N–C) groups is 1. The van der Waals surface area contributed by atoms with Crippen LogP contribution in [-0.4, -0.2) is 31.9 Å². The maximum Gasteiger partial charge on any atom is 0.183 e. The van der Waals surface area contributed by atoms with E-state index in [1.165, 1.54) is 0 Å². The average Bonchev–Trinajstić information content (AvgIpc) is 2.33. The van der Waals surface area contributed by atoms with Gasteiger partial charge in [-0.25, -0.2) is 4.99 Å². The number of hydrogen-bond donors (Lipinski definition) is 2. The topological polar surface area (TPSA) is 45.6 Å². The number of ether oxygens (including phenoxy) is 1. The summed E-state index contributed by atoms with van der Waals surface area (Å²) in [5.41, 5.74) is 0. The Morgan fingerprint density at radius 2 is 2.67 bits per heavy atom. The van der Waals surface area contributed by atoms with E-state index in [1.807, 2.05) is 0 Å². The smallest absolute Gasteiger partial charge is 0.183 e. The predicted molar refractivity (Wildman–Crippen MR) is 33.2 cm³/mol. The Kier molecular flexibility index (Phi) is 1.13. The monoisotopic (exact) mass is 127 g/mol. The van der Waals surface area contributed by atoms with Crippen LogP contribution in [0.3, 0.4) is 0 Å². The summed E-state index contributed by atoms with van der Waals surface area (Å²) in [5.74, 6) is 0. The van der Waals surface area contributed by atoms with Crippen LogP contribution < -0.4 is 10.6 Å². The molecule has 2 unspecified atom stereocenters. The van der Waals surface area contributed by atoms with Crippen molar-refractivity contribution >= 4 is 6.34 Å². The van der Waals surface area contributed by atoms with Gasteiger partial charge >= 0.3 is 0 Å². The van der Waals surface area contributed by atoms with E-state index < -0.39 is 0 Å². The van der Waals surface area contributed by atoms with E-state index in [4.69, 9.17) is 4.74 Å². The van der Waals surface area contributed by atoms with Crippen molar-refractivity contribution in [1.29, 1.82) is 0 Å². The first kappa shape index (κ1) is 5.20. The largest absolute Gasteiger partial charge is 0.357 e. The van der Waals surface area contributed by atoms with Gasteiger partial charge in [0.05, 0.1) is 12.9 Å². The molecule has 2 rings (SSSR count). The molecule has 2 N–H and O–H groups in total. The first-order valence-corrected chi connectivity index (χ1v) is 3.09. The van der Waals surface area contributed by atoms with E-state index >= 15 is 0 Å². The van der Waals surface area contributed by atoms with Crippen LogP contribution in [-0.2, 0) is 4.74 Å². The molecule has 0 aromatic rings. The van der Waals surface area contributed by atoms with Gasteiger partial charge in [-0.3, -0.25) is 5.32 Å². The number of nitrogens with one attached hydrogen (secondary N) is 2. The Hall–Kier alpha value is -0.610. The van der Waals surface area contributed by atoms with Gasteiger partial charge in [0.25, 0.3) is 0 Å². The lowest BCUT2D eigenvalue weighted by Gasteiger charge is -2.24. The van der Waals surface area contributed by atoms with Gasteiger partial charge in [0, 0.05) is 6.54 Å². The summed E-state index contributed by atoms with van der Waals surface area (Å²) >= 11 is 0.